The second kappa shape index (κ2) is 15.4. The monoisotopic (exact) mass is 656 g/mol. The number of benzene rings is 5. The number of Topliss-reactive ketones (excluding diaryl/α,β-unsaturated/α-hetero) is 1. The molecule has 0 radical (unpaired) electrons. The molecule has 0 aliphatic heterocycles. The number of aromatic amines is 2. The highest BCUT2D eigenvalue weighted by Gasteiger charge is 2.21. The first-order valence-corrected chi connectivity index (χ1v) is 16.2. The number of H-pyrrole nitrogens is 2. The number of hydrogen-bond acceptors (Lipinski definition) is 3. The van der Waals surface area contributed by atoms with Gasteiger partial charge in [0.25, 0.3) is 11.8 Å². The van der Waals surface area contributed by atoms with E-state index >= 15 is 0 Å². The van der Waals surface area contributed by atoms with Gasteiger partial charge in [0.15, 0.2) is 0 Å². The molecule has 0 unspecified atom stereocenters. The Hall–Kier alpha value is -6.73. The minimum Gasteiger partial charge on any atom is -0.359 e. The van der Waals surface area contributed by atoms with Gasteiger partial charge in [0, 0.05) is 45.8 Å². The average molecular weight is 657 g/mol. The van der Waals surface area contributed by atoms with Crippen molar-refractivity contribution in [1.82, 2.24) is 9.97 Å². The van der Waals surface area contributed by atoms with E-state index in [1.165, 1.54) is 13.8 Å². The Morgan fingerprint density at radius 3 is 1.10 bits per heavy atom. The third kappa shape index (κ3) is 7.69. The lowest BCUT2D eigenvalue weighted by molar-refractivity contribution is -0.115. The minimum atomic E-state index is -0.319. The zero-order valence-electron chi connectivity index (χ0n) is 27.7. The van der Waals surface area contributed by atoms with Crippen LogP contribution in [0.5, 0.6) is 0 Å². The van der Waals surface area contributed by atoms with Gasteiger partial charge in [-0.15, -0.1) is 0 Å². The number of rotatable bonds is 8. The molecule has 2 amide bonds. The molecule has 7 heteroatoms. The molecule has 0 aliphatic carbocycles. The molecule has 0 spiro atoms. The molecule has 7 aromatic rings. The molecular formula is C43H36N4O3. The van der Waals surface area contributed by atoms with Crippen molar-refractivity contribution in [3.8, 4) is 44.8 Å². The Bertz CT molecular complexity index is 1950. The van der Waals surface area contributed by atoms with Crippen LogP contribution in [-0.4, -0.2) is 27.6 Å². The van der Waals surface area contributed by atoms with Crippen molar-refractivity contribution in [1.29, 1.82) is 0 Å². The van der Waals surface area contributed by atoms with Crippen molar-refractivity contribution in [3.63, 3.8) is 0 Å². The Balaban J connectivity index is 0.00000103. The predicted octanol–water partition coefficient (Wildman–Crippen LogP) is 10.1. The van der Waals surface area contributed by atoms with Crippen LogP contribution in [0.4, 0.5) is 11.4 Å². The summed E-state index contributed by atoms with van der Waals surface area (Å²) in [6.07, 6.45) is 3.81. The fourth-order valence-electron chi connectivity index (χ4n) is 5.64. The van der Waals surface area contributed by atoms with Crippen molar-refractivity contribution >= 4 is 29.0 Å². The molecule has 0 aliphatic rings. The van der Waals surface area contributed by atoms with E-state index in [0.717, 1.165) is 44.8 Å². The highest BCUT2D eigenvalue weighted by Crippen LogP contribution is 2.38. The fourth-order valence-corrected chi connectivity index (χ4v) is 5.64. The lowest BCUT2D eigenvalue weighted by Crippen LogP contribution is -2.16. The van der Waals surface area contributed by atoms with Gasteiger partial charge < -0.3 is 25.4 Å². The number of anilines is 2. The van der Waals surface area contributed by atoms with Crippen LogP contribution in [0.2, 0.25) is 0 Å². The van der Waals surface area contributed by atoms with Crippen molar-refractivity contribution in [3.05, 3.63) is 169 Å². The van der Waals surface area contributed by atoms with Crippen LogP contribution in [0.1, 0.15) is 34.6 Å². The smallest absolute Gasteiger partial charge is 0.255 e. The van der Waals surface area contributed by atoms with Gasteiger partial charge in [-0.3, -0.25) is 9.59 Å². The fraction of sp³-hybridized carbons (Fsp3) is 0.0465. The summed E-state index contributed by atoms with van der Waals surface area (Å²) in [6, 6.07) is 46.3. The first-order chi connectivity index (χ1) is 24.4. The molecule has 7 rings (SSSR count). The standard InChI is InChI=1S/C40H30N4O2.C3H6O/c45-39(43-37-33(27-14-5-1-6-15-27)25-41-35(37)29-18-9-3-10-19-29)31-22-13-23-32(24-31)40(46)44-38-34(28-16-7-2-8-17-28)26-42-36(38)30-20-11-4-12-21-30;1-3(2)4/h1-26,41-42H,(H,43,45)(H,44,46);1-2H3. The molecule has 0 atom stereocenters. The molecule has 7 nitrogen and oxygen atoms in total. The van der Waals surface area contributed by atoms with Crippen LogP contribution >= 0.6 is 0 Å². The largest absolute Gasteiger partial charge is 0.359 e. The molecule has 0 bridgehead atoms. The predicted molar refractivity (Wildman–Crippen MR) is 202 cm³/mol. The van der Waals surface area contributed by atoms with E-state index in [0.29, 0.717) is 22.5 Å². The first kappa shape index (κ1) is 33.2. The van der Waals surface area contributed by atoms with Gasteiger partial charge in [-0.05, 0) is 43.2 Å². The van der Waals surface area contributed by atoms with E-state index in [2.05, 4.69) is 20.6 Å². The Labute approximate surface area is 291 Å². The topological polar surface area (TPSA) is 107 Å². The van der Waals surface area contributed by atoms with Gasteiger partial charge in [-0.2, -0.15) is 0 Å². The third-order valence-corrected chi connectivity index (χ3v) is 7.92. The van der Waals surface area contributed by atoms with Gasteiger partial charge in [-0.25, -0.2) is 0 Å². The van der Waals surface area contributed by atoms with E-state index < -0.39 is 0 Å². The Morgan fingerprint density at radius 2 is 0.760 bits per heavy atom. The highest BCUT2D eigenvalue weighted by molar-refractivity contribution is 6.12. The number of aromatic nitrogens is 2. The van der Waals surface area contributed by atoms with Gasteiger partial charge in [-0.1, -0.05) is 127 Å². The van der Waals surface area contributed by atoms with E-state index in [4.69, 9.17) is 0 Å². The maximum atomic E-state index is 13.8. The van der Waals surface area contributed by atoms with Crippen LogP contribution in [0, 0.1) is 0 Å². The van der Waals surface area contributed by atoms with Crippen LogP contribution < -0.4 is 10.6 Å². The van der Waals surface area contributed by atoms with Crippen LogP contribution in [0.15, 0.2) is 158 Å². The molecular weight excluding hydrogens is 620 g/mol. The third-order valence-electron chi connectivity index (χ3n) is 7.92. The maximum Gasteiger partial charge on any atom is 0.255 e. The minimum absolute atomic E-state index is 0.167. The summed E-state index contributed by atoms with van der Waals surface area (Å²) < 4.78 is 0. The summed E-state index contributed by atoms with van der Waals surface area (Å²) in [5, 5.41) is 6.28. The highest BCUT2D eigenvalue weighted by atomic mass is 16.2. The SMILES string of the molecule is CC(C)=O.O=C(Nc1c(-c2ccccc2)c[nH]c1-c1ccccc1)c1cccc(C(=O)Nc2c(-c3ccccc3)c[nH]c2-c2ccccc2)c1. The molecule has 2 aromatic heterocycles. The molecule has 0 saturated heterocycles. The van der Waals surface area contributed by atoms with E-state index in [9.17, 15) is 14.4 Å². The van der Waals surface area contributed by atoms with Gasteiger partial charge >= 0.3 is 0 Å². The van der Waals surface area contributed by atoms with Gasteiger partial charge in [0.05, 0.1) is 22.8 Å². The zero-order chi connectivity index (χ0) is 34.9. The van der Waals surface area contributed by atoms with Crippen molar-refractivity contribution in [2.75, 3.05) is 10.6 Å². The number of ketones is 1. The molecule has 2 heterocycles. The Kier molecular flexibility index (Phi) is 10.3. The summed E-state index contributed by atoms with van der Waals surface area (Å²) in [5.74, 6) is -0.472. The van der Waals surface area contributed by atoms with Crippen LogP contribution in [0.25, 0.3) is 44.8 Å². The van der Waals surface area contributed by atoms with Crippen molar-refractivity contribution in [2.24, 2.45) is 0 Å². The maximum absolute atomic E-state index is 13.8. The van der Waals surface area contributed by atoms with Crippen molar-refractivity contribution < 1.29 is 14.4 Å². The second-order valence-corrected chi connectivity index (χ2v) is 11.8. The molecule has 4 N–H and O–H groups in total. The summed E-state index contributed by atoms with van der Waals surface area (Å²) in [5.41, 5.74) is 9.26. The number of hydrogen-bond donors (Lipinski definition) is 4. The Morgan fingerprint density at radius 1 is 0.440 bits per heavy atom. The van der Waals surface area contributed by atoms with Crippen LogP contribution in [0.3, 0.4) is 0 Å². The zero-order valence-corrected chi connectivity index (χ0v) is 27.7. The van der Waals surface area contributed by atoms with Crippen molar-refractivity contribution in [2.45, 2.75) is 13.8 Å². The number of carbonyl (C=O) groups is 3. The first-order valence-electron chi connectivity index (χ1n) is 16.2. The lowest BCUT2D eigenvalue weighted by atomic mass is 10.0. The van der Waals surface area contributed by atoms with E-state index in [-0.39, 0.29) is 17.6 Å². The molecule has 0 fully saturated rings. The molecule has 50 heavy (non-hydrogen) atoms. The molecule has 5 aromatic carbocycles. The number of carbonyl (C=O) groups excluding carboxylic acids is 3. The number of nitrogens with one attached hydrogen (secondary N) is 4. The van der Waals surface area contributed by atoms with Gasteiger partial charge in [0.1, 0.15) is 5.78 Å². The average Bonchev–Trinajstić information content (AvgIpc) is 3.77. The van der Waals surface area contributed by atoms with E-state index in [1.807, 2.05) is 134 Å². The van der Waals surface area contributed by atoms with Gasteiger partial charge in [0.2, 0.25) is 0 Å². The summed E-state index contributed by atoms with van der Waals surface area (Å²) >= 11 is 0. The van der Waals surface area contributed by atoms with Crippen LogP contribution in [-0.2, 0) is 4.79 Å². The summed E-state index contributed by atoms with van der Waals surface area (Å²) in [6.45, 7) is 3.06. The molecule has 0 saturated carbocycles. The normalized spacial score (nSPS) is 10.4. The molecule has 246 valence electrons. The van der Waals surface area contributed by atoms with E-state index in [1.54, 1.807) is 24.3 Å². The summed E-state index contributed by atoms with van der Waals surface area (Å²) in [7, 11) is 0. The quantitative estimate of drug-likeness (QED) is 0.131. The summed E-state index contributed by atoms with van der Waals surface area (Å²) in [4.78, 5) is 43.7. The number of amides is 2. The lowest BCUT2D eigenvalue weighted by Gasteiger charge is -2.13. The second-order valence-electron chi connectivity index (χ2n) is 11.8.